The molecule has 0 amide bonds. The molecule has 152 valence electrons. The van der Waals surface area contributed by atoms with Gasteiger partial charge in [-0.15, -0.1) is 0 Å². The van der Waals surface area contributed by atoms with E-state index in [-0.39, 0.29) is 16.9 Å². The van der Waals surface area contributed by atoms with E-state index >= 15 is 0 Å². The van der Waals surface area contributed by atoms with Crippen molar-refractivity contribution < 1.29 is 24.7 Å². The second kappa shape index (κ2) is 8.38. The third-order valence-electron chi connectivity index (χ3n) is 5.54. The van der Waals surface area contributed by atoms with Crippen LogP contribution in [0.4, 0.5) is 5.69 Å². The maximum atomic E-state index is 12.6. The zero-order valence-electron chi connectivity index (χ0n) is 15.8. The number of aliphatic carboxylic acids is 2. The first-order chi connectivity index (χ1) is 13.0. The Morgan fingerprint density at radius 2 is 2.04 bits per heavy atom. The first-order valence-electron chi connectivity index (χ1n) is 8.91. The molecule has 2 N–H and O–H groups in total. The van der Waals surface area contributed by atoms with Crippen molar-refractivity contribution in [3.05, 3.63) is 39.9 Å². The maximum absolute atomic E-state index is 12.6. The molecule has 0 bridgehead atoms. The van der Waals surface area contributed by atoms with E-state index < -0.39 is 40.2 Å². The highest BCUT2D eigenvalue weighted by Gasteiger charge is 2.58. The lowest BCUT2D eigenvalue weighted by Gasteiger charge is -2.46. The van der Waals surface area contributed by atoms with Crippen LogP contribution in [0.15, 0.2) is 29.3 Å². The highest BCUT2D eigenvalue weighted by atomic mass is 79.9. The molecule has 0 spiro atoms. The summed E-state index contributed by atoms with van der Waals surface area (Å²) in [6, 6.07) is 4.92. The molecule has 1 heterocycles. The summed E-state index contributed by atoms with van der Waals surface area (Å²) in [4.78, 5) is 39.7. The number of halogens is 1. The van der Waals surface area contributed by atoms with Crippen LogP contribution >= 0.6 is 15.9 Å². The van der Waals surface area contributed by atoms with E-state index in [0.717, 1.165) is 0 Å². The molecule has 0 aliphatic carbocycles. The average Bonchev–Trinajstić information content (AvgIpc) is 2.59. The molecule has 1 aliphatic heterocycles. The molecule has 0 saturated heterocycles. The lowest BCUT2D eigenvalue weighted by Crippen LogP contribution is -2.54. The van der Waals surface area contributed by atoms with E-state index in [9.17, 15) is 29.9 Å². The molecule has 5 unspecified atom stereocenters. The van der Waals surface area contributed by atoms with Crippen LogP contribution in [0.1, 0.15) is 45.1 Å². The summed E-state index contributed by atoms with van der Waals surface area (Å²) in [7, 11) is 0. The van der Waals surface area contributed by atoms with Crippen molar-refractivity contribution in [2.45, 2.75) is 50.4 Å². The number of hydrogen-bond acceptors (Lipinski definition) is 5. The zero-order valence-corrected chi connectivity index (χ0v) is 17.4. The fourth-order valence-electron chi connectivity index (χ4n) is 4.16. The summed E-state index contributed by atoms with van der Waals surface area (Å²) in [6.45, 7) is 5.12. The van der Waals surface area contributed by atoms with Crippen LogP contribution in [-0.4, -0.2) is 43.7 Å². The lowest BCUT2D eigenvalue weighted by molar-refractivity contribution is -0.385. The summed E-state index contributed by atoms with van der Waals surface area (Å²) >= 11 is 3.42. The van der Waals surface area contributed by atoms with Crippen LogP contribution in [0.25, 0.3) is 0 Å². The number of hydrogen-bond donors (Lipinski definition) is 2. The van der Waals surface area contributed by atoms with Crippen molar-refractivity contribution in [3.8, 4) is 0 Å². The molecule has 0 fully saturated rings. The predicted octanol–water partition coefficient (Wildman–Crippen LogP) is 3.88. The average molecular weight is 455 g/mol. The highest BCUT2D eigenvalue weighted by Crippen LogP contribution is 2.52. The number of nitro groups is 1. The van der Waals surface area contributed by atoms with Gasteiger partial charge in [0.15, 0.2) is 0 Å². The van der Waals surface area contributed by atoms with Gasteiger partial charge in [-0.05, 0) is 32.3 Å². The second-order valence-electron chi connectivity index (χ2n) is 7.26. The molecule has 9 heteroatoms. The van der Waals surface area contributed by atoms with Gasteiger partial charge in [-0.25, -0.2) is 0 Å². The summed E-state index contributed by atoms with van der Waals surface area (Å²) in [5.74, 6) is -4.50. The molecule has 1 aromatic rings. The molecule has 8 nitrogen and oxygen atoms in total. The van der Waals surface area contributed by atoms with Gasteiger partial charge in [-0.1, -0.05) is 35.0 Å². The molecular weight excluding hydrogens is 432 g/mol. The van der Waals surface area contributed by atoms with E-state index in [1.807, 2.05) is 6.92 Å². The molecule has 1 aromatic carbocycles. The molecule has 0 saturated carbocycles. The number of carboxylic acids is 2. The molecule has 0 radical (unpaired) electrons. The lowest BCUT2D eigenvalue weighted by atomic mass is 9.58. The van der Waals surface area contributed by atoms with Crippen LogP contribution in [0.2, 0.25) is 0 Å². The number of nitrogens with zero attached hydrogens (tertiary/aromatic N) is 2. The number of aliphatic imine (C=N–C) groups is 1. The van der Waals surface area contributed by atoms with Crippen molar-refractivity contribution in [1.82, 2.24) is 0 Å². The van der Waals surface area contributed by atoms with Gasteiger partial charge in [0.05, 0.1) is 16.4 Å². The maximum Gasteiger partial charge on any atom is 0.312 e. The number of rotatable bonds is 7. The first-order valence-corrected chi connectivity index (χ1v) is 9.82. The number of carbonyl (C=O) groups is 2. The summed E-state index contributed by atoms with van der Waals surface area (Å²) < 4.78 is 0. The Morgan fingerprint density at radius 3 is 2.54 bits per heavy atom. The van der Waals surface area contributed by atoms with Gasteiger partial charge in [0.2, 0.25) is 0 Å². The molecule has 5 atom stereocenters. The topological polar surface area (TPSA) is 130 Å². The highest BCUT2D eigenvalue weighted by molar-refractivity contribution is 9.09. The minimum atomic E-state index is -1.50. The van der Waals surface area contributed by atoms with Gasteiger partial charge in [0, 0.05) is 28.6 Å². The van der Waals surface area contributed by atoms with Crippen LogP contribution in [0.5, 0.6) is 0 Å². The number of benzene rings is 1. The zero-order chi connectivity index (χ0) is 21.2. The SMILES string of the molecule is CC1=NC(C)C(CCC(C)Br)(C(=O)O)C(c2cccc([N+](=O)[O-])c2)C1C(=O)O. The Bertz CT molecular complexity index is 824. The fourth-order valence-corrected chi connectivity index (χ4v) is 4.39. The van der Waals surface area contributed by atoms with Gasteiger partial charge in [-0.3, -0.25) is 24.7 Å². The van der Waals surface area contributed by atoms with Gasteiger partial charge in [0.1, 0.15) is 5.92 Å². The third-order valence-corrected chi connectivity index (χ3v) is 6.00. The van der Waals surface area contributed by atoms with Crippen LogP contribution in [0.3, 0.4) is 0 Å². The molecule has 2 rings (SSSR count). The number of non-ortho nitro benzene ring substituents is 1. The Kier molecular flexibility index (Phi) is 6.59. The Labute approximate surface area is 170 Å². The summed E-state index contributed by atoms with van der Waals surface area (Å²) in [5, 5.41) is 31.4. The van der Waals surface area contributed by atoms with Crippen molar-refractivity contribution in [1.29, 1.82) is 0 Å². The second-order valence-corrected chi connectivity index (χ2v) is 8.82. The van der Waals surface area contributed by atoms with Crippen molar-refractivity contribution in [3.63, 3.8) is 0 Å². The smallest absolute Gasteiger partial charge is 0.312 e. The Morgan fingerprint density at radius 1 is 1.39 bits per heavy atom. The van der Waals surface area contributed by atoms with Gasteiger partial charge in [-0.2, -0.15) is 0 Å². The largest absolute Gasteiger partial charge is 0.481 e. The number of alkyl halides is 1. The standard InChI is InChI=1S/C19H23BrN2O6/c1-10(20)7-8-19(18(25)26)12(3)21-11(2)15(17(23)24)16(19)13-5-4-6-14(9-13)22(27)28/h4-6,9-10,12,15-16H,7-8H2,1-3H3,(H,23,24)(H,25,26). The molecule has 28 heavy (non-hydrogen) atoms. The monoisotopic (exact) mass is 454 g/mol. The van der Waals surface area contributed by atoms with Gasteiger partial charge in [0.25, 0.3) is 5.69 Å². The van der Waals surface area contributed by atoms with E-state index in [0.29, 0.717) is 17.7 Å². The predicted molar refractivity (Wildman–Crippen MR) is 107 cm³/mol. The van der Waals surface area contributed by atoms with E-state index in [1.165, 1.54) is 18.2 Å². The first kappa shape index (κ1) is 22.0. The number of carboxylic acid groups (broad SMARTS) is 2. The molecular formula is C19H23BrN2O6. The molecule has 0 aromatic heterocycles. The van der Waals surface area contributed by atoms with Gasteiger partial charge < -0.3 is 10.2 Å². The van der Waals surface area contributed by atoms with E-state index in [2.05, 4.69) is 20.9 Å². The minimum absolute atomic E-state index is 0.0250. The van der Waals surface area contributed by atoms with Crippen molar-refractivity contribution >= 4 is 39.3 Å². The molecule has 1 aliphatic rings. The van der Waals surface area contributed by atoms with Crippen LogP contribution in [-0.2, 0) is 9.59 Å². The normalized spacial score (nSPS) is 28.3. The van der Waals surface area contributed by atoms with Crippen molar-refractivity contribution in [2.24, 2.45) is 16.3 Å². The summed E-state index contributed by atoms with van der Waals surface area (Å²) in [6.07, 6.45) is 0.673. The van der Waals surface area contributed by atoms with E-state index in [1.54, 1.807) is 19.9 Å². The minimum Gasteiger partial charge on any atom is -0.481 e. The van der Waals surface area contributed by atoms with E-state index in [4.69, 9.17) is 0 Å². The quantitative estimate of drug-likeness (QED) is 0.365. The third kappa shape index (κ3) is 3.94. The fraction of sp³-hybridized carbons (Fsp3) is 0.526. The summed E-state index contributed by atoms with van der Waals surface area (Å²) in [5.41, 5.74) is -1.06. The number of nitro benzene ring substituents is 1. The van der Waals surface area contributed by atoms with Crippen LogP contribution in [0, 0.1) is 21.4 Å². The Balaban J connectivity index is 2.78. The van der Waals surface area contributed by atoms with Crippen LogP contribution < -0.4 is 0 Å². The Hall–Kier alpha value is -2.29. The van der Waals surface area contributed by atoms with Crippen molar-refractivity contribution in [2.75, 3.05) is 0 Å². The van der Waals surface area contributed by atoms with Gasteiger partial charge >= 0.3 is 11.9 Å².